The molecule has 3 aromatic carbocycles. The Bertz CT molecular complexity index is 1110. The lowest BCUT2D eigenvalue weighted by atomic mass is 9.97. The van der Waals surface area contributed by atoms with Crippen LogP contribution in [-0.2, 0) is 11.0 Å². The molecule has 0 aliphatic rings. The molecule has 0 aromatic heterocycles. The van der Waals surface area contributed by atoms with Gasteiger partial charge in [0.05, 0.1) is 21.8 Å². The summed E-state index contributed by atoms with van der Waals surface area (Å²) in [4.78, 5) is 0. The van der Waals surface area contributed by atoms with Crippen molar-refractivity contribution < 1.29 is 4.21 Å². The number of halogens is 1. The van der Waals surface area contributed by atoms with Crippen LogP contribution in [0.2, 0.25) is 0 Å². The molecule has 2 nitrogen and oxygen atoms in total. The van der Waals surface area contributed by atoms with E-state index in [0.29, 0.717) is 0 Å². The zero-order valence-corrected chi connectivity index (χ0v) is 20.9. The summed E-state index contributed by atoms with van der Waals surface area (Å²) in [5, 5.41) is 0. The van der Waals surface area contributed by atoms with E-state index >= 15 is 0 Å². The van der Waals surface area contributed by atoms with Gasteiger partial charge in [-0.05, 0) is 66.6 Å². The van der Waals surface area contributed by atoms with Gasteiger partial charge in [0.1, 0.15) is 0 Å². The molecule has 0 bridgehead atoms. The van der Waals surface area contributed by atoms with Gasteiger partial charge in [-0.15, -0.1) is 0 Å². The van der Waals surface area contributed by atoms with E-state index < -0.39 is 15.7 Å². The van der Waals surface area contributed by atoms with E-state index in [1.807, 2.05) is 87.5 Å². The quantitative estimate of drug-likeness (QED) is 0.285. The van der Waals surface area contributed by atoms with Gasteiger partial charge in [-0.1, -0.05) is 90.7 Å². The second kappa shape index (κ2) is 10.9. The Hall–Kier alpha value is -2.20. The van der Waals surface area contributed by atoms with Crippen molar-refractivity contribution in [3.63, 3.8) is 0 Å². The summed E-state index contributed by atoms with van der Waals surface area (Å²) in [6.45, 7) is 5.91. The third-order valence-corrected chi connectivity index (χ3v) is 7.35. The van der Waals surface area contributed by atoms with E-state index in [-0.39, 0.29) is 6.04 Å². The lowest BCUT2D eigenvalue weighted by molar-refractivity contribution is 0.624. The molecule has 2 atom stereocenters. The van der Waals surface area contributed by atoms with E-state index in [2.05, 4.69) is 63.4 Å². The highest BCUT2D eigenvalue weighted by Gasteiger charge is 2.27. The Balaban J connectivity index is 2.18. The highest BCUT2D eigenvalue weighted by molar-refractivity contribution is 14.1. The van der Waals surface area contributed by atoms with Gasteiger partial charge in [-0.2, -0.15) is 0 Å². The van der Waals surface area contributed by atoms with Crippen LogP contribution in [0.25, 0.3) is 3.58 Å². The zero-order chi connectivity index (χ0) is 22.3. The molecule has 1 N–H and O–H groups in total. The first-order valence-electron chi connectivity index (χ1n) is 10.1. The lowest BCUT2D eigenvalue weighted by Crippen LogP contribution is -2.36. The summed E-state index contributed by atoms with van der Waals surface area (Å²) in [5.74, 6) is 6.72. The topological polar surface area (TPSA) is 29.1 Å². The number of nitrogens with one attached hydrogen (secondary N) is 1. The molecular formula is C27H26INOS. The van der Waals surface area contributed by atoms with Crippen molar-refractivity contribution in [3.8, 4) is 11.8 Å². The SMILES string of the molecule is CC(C)(C)S(=O)N[C@@H](/C(C#Cc1ccccc1)=C(\I)c1ccccc1)c1ccccc1. The molecule has 0 fully saturated rings. The average molecular weight is 539 g/mol. The molecule has 3 aromatic rings. The number of hydrogen-bond acceptors (Lipinski definition) is 1. The summed E-state index contributed by atoms with van der Waals surface area (Å²) in [5.41, 5.74) is 3.97. The van der Waals surface area contributed by atoms with Crippen LogP contribution in [0, 0.1) is 11.8 Å². The van der Waals surface area contributed by atoms with Gasteiger partial charge in [0, 0.05) is 14.7 Å². The molecule has 0 heterocycles. The Morgan fingerprint density at radius 1 is 0.871 bits per heavy atom. The van der Waals surface area contributed by atoms with E-state index in [9.17, 15) is 4.21 Å². The predicted molar refractivity (Wildman–Crippen MR) is 141 cm³/mol. The summed E-state index contributed by atoms with van der Waals surface area (Å²) in [7, 11) is -1.26. The van der Waals surface area contributed by atoms with Crippen LogP contribution in [0.1, 0.15) is 43.5 Å². The first-order chi connectivity index (χ1) is 14.9. The molecule has 0 aliphatic heterocycles. The normalized spacial score (nSPS) is 14.1. The first-order valence-corrected chi connectivity index (χ1v) is 12.3. The fourth-order valence-electron chi connectivity index (χ4n) is 2.88. The molecule has 0 spiro atoms. The van der Waals surface area contributed by atoms with Crippen molar-refractivity contribution in [1.29, 1.82) is 0 Å². The number of hydrogen-bond donors (Lipinski definition) is 1. The standard InChI is InChI=1S/C27H26INOS/c1-27(2,3)31(30)29-26(23-17-11-6-12-18-23)24(20-19-21-13-7-4-8-14-21)25(28)22-15-9-5-10-16-22/h4-18,26,29H,1-3H3/b25-24-/t26-,31?/m1/s1. The minimum absolute atomic E-state index is 0.301. The minimum atomic E-state index is -1.26. The second-order valence-corrected chi connectivity index (χ2v) is 11.1. The average Bonchev–Trinajstić information content (AvgIpc) is 2.79. The largest absolute Gasteiger partial charge is 0.242 e. The van der Waals surface area contributed by atoms with E-state index in [4.69, 9.17) is 0 Å². The van der Waals surface area contributed by atoms with Crippen LogP contribution in [0.15, 0.2) is 96.6 Å². The Kier molecular flexibility index (Phi) is 8.25. The van der Waals surface area contributed by atoms with Crippen molar-refractivity contribution in [2.75, 3.05) is 0 Å². The van der Waals surface area contributed by atoms with Gasteiger partial charge in [-0.3, -0.25) is 0 Å². The molecule has 0 aliphatic carbocycles. The molecule has 1 unspecified atom stereocenters. The number of benzene rings is 3. The molecule has 0 amide bonds. The Morgan fingerprint density at radius 3 is 1.94 bits per heavy atom. The van der Waals surface area contributed by atoms with E-state index in [1.165, 1.54) is 0 Å². The predicted octanol–water partition coefficient (Wildman–Crippen LogP) is 6.68. The molecule has 158 valence electrons. The highest BCUT2D eigenvalue weighted by atomic mass is 127. The van der Waals surface area contributed by atoms with Gasteiger partial charge in [-0.25, -0.2) is 8.93 Å². The van der Waals surface area contributed by atoms with Crippen LogP contribution in [0.3, 0.4) is 0 Å². The van der Waals surface area contributed by atoms with E-state index in [0.717, 1.165) is 25.8 Å². The molecule has 4 heteroatoms. The Morgan fingerprint density at radius 2 is 1.39 bits per heavy atom. The van der Waals surface area contributed by atoms with Gasteiger partial charge in [0.25, 0.3) is 0 Å². The van der Waals surface area contributed by atoms with Crippen LogP contribution < -0.4 is 4.72 Å². The molecule has 0 saturated heterocycles. The maximum Gasteiger partial charge on any atom is 0.0979 e. The summed E-state index contributed by atoms with van der Waals surface area (Å²) < 4.78 is 17.1. The summed E-state index contributed by atoms with van der Waals surface area (Å²) in [6.07, 6.45) is 0. The second-order valence-electron chi connectivity index (χ2n) is 8.05. The van der Waals surface area contributed by atoms with Crippen LogP contribution >= 0.6 is 22.6 Å². The van der Waals surface area contributed by atoms with Crippen LogP contribution in [-0.4, -0.2) is 8.96 Å². The highest BCUT2D eigenvalue weighted by Crippen LogP contribution is 2.34. The number of rotatable bonds is 5. The molecule has 0 radical (unpaired) electrons. The third kappa shape index (κ3) is 6.64. The van der Waals surface area contributed by atoms with Crippen LogP contribution in [0.5, 0.6) is 0 Å². The maximum absolute atomic E-state index is 13.1. The summed E-state index contributed by atoms with van der Waals surface area (Å²) in [6, 6.07) is 29.9. The van der Waals surface area contributed by atoms with Gasteiger partial charge < -0.3 is 0 Å². The van der Waals surface area contributed by atoms with Gasteiger partial charge >= 0.3 is 0 Å². The Labute approximate surface area is 201 Å². The van der Waals surface area contributed by atoms with Crippen molar-refractivity contribution in [3.05, 3.63) is 113 Å². The van der Waals surface area contributed by atoms with Gasteiger partial charge in [0.2, 0.25) is 0 Å². The molecule has 31 heavy (non-hydrogen) atoms. The minimum Gasteiger partial charge on any atom is -0.242 e. The monoisotopic (exact) mass is 539 g/mol. The molecule has 3 rings (SSSR count). The third-order valence-electron chi connectivity index (χ3n) is 4.58. The molecular weight excluding hydrogens is 513 g/mol. The van der Waals surface area contributed by atoms with Gasteiger partial charge in [0.15, 0.2) is 0 Å². The van der Waals surface area contributed by atoms with Crippen molar-refractivity contribution in [2.24, 2.45) is 0 Å². The van der Waals surface area contributed by atoms with Crippen molar-refractivity contribution in [2.45, 2.75) is 31.6 Å². The first kappa shape index (κ1) is 23.5. The van der Waals surface area contributed by atoms with Crippen molar-refractivity contribution >= 4 is 37.2 Å². The van der Waals surface area contributed by atoms with E-state index in [1.54, 1.807) is 0 Å². The fraction of sp³-hybridized carbons (Fsp3) is 0.185. The summed E-state index contributed by atoms with van der Waals surface area (Å²) >= 11 is 2.36. The van der Waals surface area contributed by atoms with Crippen molar-refractivity contribution in [1.82, 2.24) is 4.72 Å². The fourth-order valence-corrected chi connectivity index (χ4v) is 4.51. The smallest absolute Gasteiger partial charge is 0.0979 e. The lowest BCUT2D eigenvalue weighted by Gasteiger charge is -2.25. The zero-order valence-electron chi connectivity index (χ0n) is 17.9. The maximum atomic E-state index is 13.1. The van der Waals surface area contributed by atoms with Crippen LogP contribution in [0.4, 0.5) is 0 Å². The molecule has 0 saturated carbocycles.